The van der Waals surface area contributed by atoms with E-state index in [1.807, 2.05) is 0 Å². The van der Waals surface area contributed by atoms with Gasteiger partial charge in [0.2, 0.25) is 0 Å². The molecule has 0 aliphatic carbocycles. The van der Waals surface area contributed by atoms with Crippen LogP contribution >= 0.6 is 0 Å². The highest BCUT2D eigenvalue weighted by molar-refractivity contribution is 7.91. The molecule has 1 fully saturated rings. The van der Waals surface area contributed by atoms with Gasteiger partial charge in [-0.3, -0.25) is 4.79 Å². The fraction of sp³-hybridized carbons (Fsp3) is 0.333. The second-order valence-electron chi connectivity index (χ2n) is 4.51. The SMILES string of the molecule is N/C(=N\O)c1cccc(C(=O)N2CCS(=O)(=O)CC2)c1. The molecule has 1 aromatic carbocycles. The van der Waals surface area contributed by atoms with E-state index in [1.165, 1.54) is 11.0 Å². The molecule has 2 rings (SSSR count). The van der Waals surface area contributed by atoms with Crippen LogP contribution in [-0.4, -0.2) is 54.9 Å². The average molecular weight is 297 g/mol. The molecule has 8 heteroatoms. The first-order valence-electron chi connectivity index (χ1n) is 6.00. The van der Waals surface area contributed by atoms with Gasteiger partial charge in [-0.1, -0.05) is 17.3 Å². The minimum atomic E-state index is -3.02. The van der Waals surface area contributed by atoms with E-state index >= 15 is 0 Å². The molecule has 0 saturated carbocycles. The lowest BCUT2D eigenvalue weighted by molar-refractivity contribution is 0.0770. The largest absolute Gasteiger partial charge is 0.409 e. The predicted molar refractivity (Wildman–Crippen MR) is 73.5 cm³/mol. The molecule has 1 heterocycles. The van der Waals surface area contributed by atoms with Crippen molar-refractivity contribution in [1.82, 2.24) is 4.90 Å². The number of amides is 1. The molecule has 1 saturated heterocycles. The standard InChI is InChI=1S/C12H15N3O4S/c13-11(14-17)9-2-1-3-10(8-9)12(16)15-4-6-20(18,19)7-5-15/h1-3,8,17H,4-7H2,(H2,13,14). The molecule has 0 bridgehead atoms. The van der Waals surface area contributed by atoms with Crippen molar-refractivity contribution in [2.24, 2.45) is 10.9 Å². The van der Waals surface area contributed by atoms with Gasteiger partial charge in [-0.15, -0.1) is 0 Å². The van der Waals surface area contributed by atoms with Gasteiger partial charge < -0.3 is 15.8 Å². The first kappa shape index (κ1) is 14.3. The number of amidine groups is 1. The number of hydrogen-bond acceptors (Lipinski definition) is 5. The zero-order valence-electron chi connectivity index (χ0n) is 10.7. The van der Waals surface area contributed by atoms with Gasteiger partial charge in [0.15, 0.2) is 15.7 Å². The smallest absolute Gasteiger partial charge is 0.253 e. The van der Waals surface area contributed by atoms with Crippen LogP contribution in [0, 0.1) is 0 Å². The van der Waals surface area contributed by atoms with E-state index in [1.54, 1.807) is 18.2 Å². The maximum Gasteiger partial charge on any atom is 0.253 e. The summed E-state index contributed by atoms with van der Waals surface area (Å²) in [5.74, 6) is -0.370. The van der Waals surface area contributed by atoms with E-state index in [9.17, 15) is 13.2 Å². The Morgan fingerprint density at radius 2 is 1.85 bits per heavy atom. The molecule has 0 aromatic heterocycles. The van der Waals surface area contributed by atoms with E-state index < -0.39 is 9.84 Å². The third-order valence-corrected chi connectivity index (χ3v) is 4.75. The summed E-state index contributed by atoms with van der Waals surface area (Å²) in [6, 6.07) is 6.37. The van der Waals surface area contributed by atoms with Crippen molar-refractivity contribution in [3.05, 3.63) is 35.4 Å². The Hall–Kier alpha value is -2.09. The number of sulfone groups is 1. The average Bonchev–Trinajstić information content (AvgIpc) is 2.46. The summed E-state index contributed by atoms with van der Waals surface area (Å²) < 4.78 is 22.7. The topological polar surface area (TPSA) is 113 Å². The van der Waals surface area contributed by atoms with Crippen molar-refractivity contribution < 1.29 is 18.4 Å². The summed E-state index contributed by atoms with van der Waals surface area (Å²) in [5.41, 5.74) is 6.29. The molecule has 1 aliphatic rings. The van der Waals surface area contributed by atoms with Crippen molar-refractivity contribution in [3.8, 4) is 0 Å². The Morgan fingerprint density at radius 3 is 2.45 bits per heavy atom. The quantitative estimate of drug-likeness (QED) is 0.335. The Kier molecular flexibility index (Phi) is 3.93. The second-order valence-corrected chi connectivity index (χ2v) is 6.81. The molecule has 20 heavy (non-hydrogen) atoms. The van der Waals surface area contributed by atoms with Crippen LogP contribution in [0.2, 0.25) is 0 Å². The minimum Gasteiger partial charge on any atom is -0.409 e. The van der Waals surface area contributed by atoms with Gasteiger partial charge in [0.05, 0.1) is 11.5 Å². The first-order chi connectivity index (χ1) is 9.43. The van der Waals surface area contributed by atoms with Crippen LogP contribution < -0.4 is 5.73 Å². The molecule has 108 valence electrons. The summed E-state index contributed by atoms with van der Waals surface area (Å²) in [6.45, 7) is 0.379. The summed E-state index contributed by atoms with van der Waals surface area (Å²) in [7, 11) is -3.02. The molecule has 1 aromatic rings. The van der Waals surface area contributed by atoms with E-state index in [-0.39, 0.29) is 36.3 Å². The summed E-state index contributed by atoms with van der Waals surface area (Å²) in [4.78, 5) is 13.8. The molecule has 3 N–H and O–H groups in total. The minimum absolute atomic E-state index is 0.0152. The van der Waals surface area contributed by atoms with Crippen LogP contribution in [0.4, 0.5) is 0 Å². The number of benzene rings is 1. The summed E-state index contributed by atoms with van der Waals surface area (Å²) in [5, 5.41) is 11.5. The first-order valence-corrected chi connectivity index (χ1v) is 7.83. The molecule has 0 radical (unpaired) electrons. The van der Waals surface area contributed by atoms with Gasteiger partial charge in [-0.25, -0.2) is 8.42 Å². The van der Waals surface area contributed by atoms with Gasteiger partial charge in [-0.2, -0.15) is 0 Å². The molecular formula is C12H15N3O4S. The Bertz CT molecular complexity index is 640. The van der Waals surface area contributed by atoms with E-state index in [0.29, 0.717) is 11.1 Å². The molecule has 0 spiro atoms. The van der Waals surface area contributed by atoms with Crippen LogP contribution in [-0.2, 0) is 9.84 Å². The molecule has 1 aliphatic heterocycles. The Morgan fingerprint density at radius 1 is 1.25 bits per heavy atom. The lowest BCUT2D eigenvalue weighted by atomic mass is 10.1. The summed E-state index contributed by atoms with van der Waals surface area (Å²) in [6.07, 6.45) is 0. The van der Waals surface area contributed by atoms with Crippen molar-refractivity contribution >= 4 is 21.6 Å². The normalized spacial score (nSPS) is 18.8. The van der Waals surface area contributed by atoms with E-state index in [0.717, 1.165) is 0 Å². The van der Waals surface area contributed by atoms with Gasteiger partial charge in [0, 0.05) is 24.2 Å². The van der Waals surface area contributed by atoms with Gasteiger partial charge in [-0.05, 0) is 12.1 Å². The third-order valence-electron chi connectivity index (χ3n) is 3.14. The number of rotatable bonds is 2. The van der Waals surface area contributed by atoms with Crippen molar-refractivity contribution in [1.29, 1.82) is 0 Å². The van der Waals surface area contributed by atoms with Crippen molar-refractivity contribution in [2.75, 3.05) is 24.6 Å². The summed E-state index contributed by atoms with van der Waals surface area (Å²) >= 11 is 0. The number of oxime groups is 1. The number of hydrogen-bond donors (Lipinski definition) is 2. The van der Waals surface area contributed by atoms with Crippen molar-refractivity contribution in [2.45, 2.75) is 0 Å². The molecular weight excluding hydrogens is 282 g/mol. The zero-order valence-corrected chi connectivity index (χ0v) is 11.5. The fourth-order valence-corrected chi connectivity index (χ4v) is 3.17. The van der Waals surface area contributed by atoms with Crippen LogP contribution in [0.3, 0.4) is 0 Å². The second kappa shape index (κ2) is 5.49. The van der Waals surface area contributed by atoms with Gasteiger partial charge in [0.1, 0.15) is 0 Å². The van der Waals surface area contributed by atoms with Crippen LogP contribution in [0.25, 0.3) is 0 Å². The van der Waals surface area contributed by atoms with E-state index in [2.05, 4.69) is 5.16 Å². The number of carbonyl (C=O) groups excluding carboxylic acids is 1. The molecule has 1 amide bonds. The van der Waals surface area contributed by atoms with Gasteiger partial charge >= 0.3 is 0 Å². The predicted octanol–water partition coefficient (Wildman–Crippen LogP) is -0.348. The number of nitrogens with zero attached hydrogens (tertiary/aromatic N) is 2. The molecule has 7 nitrogen and oxygen atoms in total. The van der Waals surface area contributed by atoms with Crippen LogP contribution in [0.15, 0.2) is 29.4 Å². The monoisotopic (exact) mass is 297 g/mol. The maximum atomic E-state index is 12.3. The zero-order chi connectivity index (χ0) is 14.8. The molecule has 0 atom stereocenters. The Labute approximate surface area is 116 Å². The van der Waals surface area contributed by atoms with Crippen LogP contribution in [0.5, 0.6) is 0 Å². The third kappa shape index (κ3) is 3.08. The maximum absolute atomic E-state index is 12.3. The van der Waals surface area contributed by atoms with Crippen LogP contribution in [0.1, 0.15) is 15.9 Å². The highest BCUT2D eigenvalue weighted by atomic mass is 32.2. The Balaban J connectivity index is 2.18. The highest BCUT2D eigenvalue weighted by Crippen LogP contribution is 2.12. The van der Waals surface area contributed by atoms with Crippen molar-refractivity contribution in [3.63, 3.8) is 0 Å². The fourth-order valence-electron chi connectivity index (χ4n) is 1.97. The van der Waals surface area contributed by atoms with E-state index in [4.69, 9.17) is 10.9 Å². The molecule has 0 unspecified atom stereocenters. The van der Waals surface area contributed by atoms with Gasteiger partial charge in [0.25, 0.3) is 5.91 Å². The lowest BCUT2D eigenvalue weighted by Gasteiger charge is -2.26. The highest BCUT2D eigenvalue weighted by Gasteiger charge is 2.25. The number of carbonyl (C=O) groups is 1. The number of nitrogens with two attached hydrogens (primary N) is 1. The lowest BCUT2D eigenvalue weighted by Crippen LogP contribution is -2.43.